The predicted octanol–water partition coefficient (Wildman–Crippen LogP) is 2.04. The Morgan fingerprint density at radius 1 is 1.24 bits per heavy atom. The van der Waals surface area contributed by atoms with E-state index in [0.29, 0.717) is 5.69 Å². The summed E-state index contributed by atoms with van der Waals surface area (Å²) in [4.78, 5) is 8.91. The molecule has 0 spiro atoms. The Bertz CT molecular complexity index is 557. The molecule has 2 heterocycles. The average Bonchev–Trinajstić information content (AvgIpc) is 2.73. The molecule has 88 valence electrons. The van der Waals surface area contributed by atoms with Gasteiger partial charge in [-0.3, -0.25) is 4.57 Å². The predicted molar refractivity (Wildman–Crippen MR) is 67.2 cm³/mol. The topological polar surface area (TPSA) is 56.7 Å². The highest BCUT2D eigenvalue weighted by atomic mass is 15.1. The first kappa shape index (κ1) is 10.3. The first-order valence-corrected chi connectivity index (χ1v) is 6.03. The number of imidazole rings is 1. The molecule has 0 saturated heterocycles. The van der Waals surface area contributed by atoms with Gasteiger partial charge in [0.05, 0.1) is 17.6 Å². The van der Waals surface area contributed by atoms with Crippen LogP contribution in [-0.4, -0.2) is 14.5 Å². The van der Waals surface area contributed by atoms with Crippen molar-refractivity contribution in [1.29, 1.82) is 0 Å². The molecule has 1 aliphatic rings. The number of aryl methyl sites for hydroxylation is 2. The Balaban J connectivity index is 2.12. The molecule has 0 aliphatic heterocycles. The van der Waals surface area contributed by atoms with Gasteiger partial charge in [0.2, 0.25) is 0 Å². The van der Waals surface area contributed by atoms with Crippen molar-refractivity contribution < 1.29 is 0 Å². The van der Waals surface area contributed by atoms with Crippen LogP contribution in [0.2, 0.25) is 0 Å². The molecule has 2 N–H and O–H groups in total. The molecule has 0 unspecified atom stereocenters. The van der Waals surface area contributed by atoms with E-state index in [2.05, 4.69) is 14.5 Å². The van der Waals surface area contributed by atoms with Gasteiger partial charge in [-0.1, -0.05) is 0 Å². The van der Waals surface area contributed by atoms with Crippen LogP contribution in [0.1, 0.15) is 29.8 Å². The third-order valence-electron chi connectivity index (χ3n) is 3.33. The van der Waals surface area contributed by atoms with Gasteiger partial charge in [-0.05, 0) is 44.2 Å². The van der Waals surface area contributed by atoms with Crippen LogP contribution in [0.25, 0.3) is 5.82 Å². The first-order valence-electron chi connectivity index (χ1n) is 6.03. The average molecular weight is 228 g/mol. The zero-order valence-electron chi connectivity index (χ0n) is 9.98. The fraction of sp³-hybridized carbons (Fsp3) is 0.385. The lowest BCUT2D eigenvalue weighted by Crippen LogP contribution is -2.09. The van der Waals surface area contributed by atoms with E-state index in [1.165, 1.54) is 24.2 Å². The van der Waals surface area contributed by atoms with Crippen LogP contribution in [0.3, 0.4) is 0 Å². The number of anilines is 1. The number of nitrogens with zero attached hydrogens (tertiary/aromatic N) is 3. The van der Waals surface area contributed by atoms with Crippen LogP contribution in [0, 0.1) is 6.92 Å². The summed E-state index contributed by atoms with van der Waals surface area (Å²) in [6.07, 6.45) is 8.28. The number of hydrogen-bond donors (Lipinski definition) is 1. The highest BCUT2D eigenvalue weighted by Crippen LogP contribution is 2.24. The molecule has 2 aromatic rings. The van der Waals surface area contributed by atoms with Gasteiger partial charge in [0.1, 0.15) is 12.1 Å². The van der Waals surface area contributed by atoms with Crippen LogP contribution in [0.5, 0.6) is 0 Å². The lowest BCUT2D eigenvalue weighted by molar-refractivity contribution is 0.653. The van der Waals surface area contributed by atoms with Crippen LogP contribution in [0.15, 0.2) is 18.6 Å². The lowest BCUT2D eigenvalue weighted by atomic mass is 10.0. The zero-order valence-corrected chi connectivity index (χ0v) is 9.98. The molecule has 4 nitrogen and oxygen atoms in total. The highest BCUT2D eigenvalue weighted by molar-refractivity contribution is 5.46. The van der Waals surface area contributed by atoms with Gasteiger partial charge in [-0.15, -0.1) is 0 Å². The van der Waals surface area contributed by atoms with Crippen molar-refractivity contribution in [2.24, 2.45) is 0 Å². The SMILES string of the molecule is Cc1cc(N)cnc1-n1cnc2c1CCCC2. The zero-order chi connectivity index (χ0) is 11.8. The Morgan fingerprint density at radius 2 is 2.06 bits per heavy atom. The molecular weight excluding hydrogens is 212 g/mol. The van der Waals surface area contributed by atoms with Crippen LogP contribution < -0.4 is 5.73 Å². The minimum atomic E-state index is 0.709. The molecule has 0 radical (unpaired) electrons. The summed E-state index contributed by atoms with van der Waals surface area (Å²) < 4.78 is 2.11. The van der Waals surface area contributed by atoms with E-state index in [-0.39, 0.29) is 0 Å². The Hall–Kier alpha value is -1.84. The molecule has 3 rings (SSSR count). The second kappa shape index (κ2) is 3.87. The van der Waals surface area contributed by atoms with Gasteiger partial charge < -0.3 is 5.73 Å². The van der Waals surface area contributed by atoms with E-state index in [1.807, 2.05) is 19.3 Å². The molecule has 0 amide bonds. The number of aromatic nitrogens is 3. The quantitative estimate of drug-likeness (QED) is 0.812. The number of nitrogens with two attached hydrogens (primary N) is 1. The maximum absolute atomic E-state index is 5.73. The minimum absolute atomic E-state index is 0.709. The molecule has 1 aliphatic carbocycles. The summed E-state index contributed by atoms with van der Waals surface area (Å²) in [5.41, 5.74) is 10.1. The molecule has 0 bridgehead atoms. The van der Waals surface area contributed by atoms with Gasteiger partial charge in [-0.2, -0.15) is 0 Å². The number of fused-ring (bicyclic) bond motifs is 1. The standard InChI is InChI=1S/C13H16N4/c1-9-6-10(14)7-15-13(9)17-8-16-11-4-2-3-5-12(11)17/h6-8H,2-5,14H2,1H3. The van der Waals surface area contributed by atoms with Crippen LogP contribution >= 0.6 is 0 Å². The number of rotatable bonds is 1. The van der Waals surface area contributed by atoms with Gasteiger partial charge >= 0.3 is 0 Å². The van der Waals surface area contributed by atoms with Crippen molar-refractivity contribution in [3.05, 3.63) is 35.5 Å². The summed E-state index contributed by atoms with van der Waals surface area (Å²) in [6.45, 7) is 2.04. The fourth-order valence-electron chi connectivity index (χ4n) is 2.49. The number of pyridine rings is 1. The molecule has 0 saturated carbocycles. The summed E-state index contributed by atoms with van der Waals surface area (Å²) in [6, 6.07) is 1.96. The largest absolute Gasteiger partial charge is 0.397 e. The summed E-state index contributed by atoms with van der Waals surface area (Å²) in [5, 5.41) is 0. The van der Waals surface area contributed by atoms with E-state index in [9.17, 15) is 0 Å². The summed E-state index contributed by atoms with van der Waals surface area (Å²) in [5.74, 6) is 0.954. The molecule has 17 heavy (non-hydrogen) atoms. The molecule has 0 aromatic carbocycles. The van der Waals surface area contributed by atoms with Crippen molar-refractivity contribution >= 4 is 5.69 Å². The van der Waals surface area contributed by atoms with Crippen molar-refractivity contribution in [2.45, 2.75) is 32.6 Å². The Morgan fingerprint density at radius 3 is 2.88 bits per heavy atom. The van der Waals surface area contributed by atoms with Crippen molar-refractivity contribution in [3.8, 4) is 5.82 Å². The number of hydrogen-bond acceptors (Lipinski definition) is 3. The van der Waals surface area contributed by atoms with Crippen molar-refractivity contribution in [2.75, 3.05) is 5.73 Å². The van der Waals surface area contributed by atoms with Crippen LogP contribution in [0.4, 0.5) is 5.69 Å². The maximum Gasteiger partial charge on any atom is 0.141 e. The van der Waals surface area contributed by atoms with E-state index in [4.69, 9.17) is 5.73 Å². The number of nitrogen functional groups attached to an aromatic ring is 1. The molecule has 4 heteroatoms. The molecule has 2 aromatic heterocycles. The first-order chi connectivity index (χ1) is 8.25. The molecule has 0 fully saturated rings. The van der Waals surface area contributed by atoms with E-state index in [0.717, 1.165) is 24.2 Å². The molecular formula is C13H16N4. The van der Waals surface area contributed by atoms with E-state index >= 15 is 0 Å². The second-order valence-electron chi connectivity index (χ2n) is 4.62. The third-order valence-corrected chi connectivity index (χ3v) is 3.33. The monoisotopic (exact) mass is 228 g/mol. The van der Waals surface area contributed by atoms with Gasteiger partial charge in [0.15, 0.2) is 0 Å². The summed E-state index contributed by atoms with van der Waals surface area (Å²) >= 11 is 0. The maximum atomic E-state index is 5.73. The van der Waals surface area contributed by atoms with E-state index < -0.39 is 0 Å². The summed E-state index contributed by atoms with van der Waals surface area (Å²) in [7, 11) is 0. The third kappa shape index (κ3) is 1.69. The van der Waals surface area contributed by atoms with Gasteiger partial charge in [0.25, 0.3) is 0 Å². The second-order valence-corrected chi connectivity index (χ2v) is 4.62. The fourth-order valence-corrected chi connectivity index (χ4v) is 2.49. The smallest absolute Gasteiger partial charge is 0.141 e. The molecule has 0 atom stereocenters. The lowest BCUT2D eigenvalue weighted by Gasteiger charge is -2.14. The van der Waals surface area contributed by atoms with Gasteiger partial charge in [0, 0.05) is 5.69 Å². The normalized spacial score (nSPS) is 14.6. The van der Waals surface area contributed by atoms with Crippen LogP contribution in [-0.2, 0) is 12.8 Å². The van der Waals surface area contributed by atoms with Crippen molar-refractivity contribution in [1.82, 2.24) is 14.5 Å². The Labute approximate surface area is 101 Å². The van der Waals surface area contributed by atoms with Crippen molar-refractivity contribution in [3.63, 3.8) is 0 Å². The Kier molecular flexibility index (Phi) is 2.35. The van der Waals surface area contributed by atoms with Gasteiger partial charge in [-0.25, -0.2) is 9.97 Å². The minimum Gasteiger partial charge on any atom is -0.397 e. The highest BCUT2D eigenvalue weighted by Gasteiger charge is 2.17. The van der Waals surface area contributed by atoms with E-state index in [1.54, 1.807) is 6.20 Å².